The van der Waals surface area contributed by atoms with Crippen molar-refractivity contribution in [2.24, 2.45) is 11.0 Å². The maximum atomic E-state index is 12.5. The Bertz CT molecular complexity index is 634. The smallest absolute Gasteiger partial charge is 0.327 e. The molecule has 1 aromatic carbocycles. The van der Waals surface area contributed by atoms with E-state index in [1.165, 1.54) is 13.1 Å². The van der Waals surface area contributed by atoms with Crippen molar-refractivity contribution >= 4 is 46.6 Å². The van der Waals surface area contributed by atoms with Crippen molar-refractivity contribution in [3.05, 3.63) is 34.9 Å². The van der Waals surface area contributed by atoms with Crippen LogP contribution in [0.3, 0.4) is 0 Å². The Balaban J connectivity index is 2.86. The molecule has 0 aliphatic heterocycles. The number of ether oxygens (including phenoxy) is 1. The number of hydrogen-bond donors (Lipinski definition) is 0. The van der Waals surface area contributed by atoms with Crippen LogP contribution in [0.2, 0.25) is 5.02 Å². The molecule has 1 rings (SSSR count). The van der Waals surface area contributed by atoms with Gasteiger partial charge in [0.2, 0.25) is 5.91 Å². The van der Waals surface area contributed by atoms with Crippen LogP contribution in [0.15, 0.2) is 29.4 Å². The lowest BCUT2D eigenvalue weighted by molar-refractivity contribution is -0.149. The third-order valence-electron chi connectivity index (χ3n) is 3.01. The molecule has 0 fully saturated rings. The zero-order valence-corrected chi connectivity index (χ0v) is 16.0. The number of halogens is 1. The minimum atomic E-state index is -0.546. The molecule has 0 unspecified atom stereocenters. The summed E-state index contributed by atoms with van der Waals surface area (Å²) in [6.45, 7) is 4.75. The average Bonchev–Trinajstić information content (AvgIpc) is 2.57. The Morgan fingerprint density at radius 3 is 2.52 bits per heavy atom. The lowest BCUT2D eigenvalue weighted by atomic mass is 10.2. The van der Waals surface area contributed by atoms with Crippen molar-refractivity contribution in [2.75, 3.05) is 18.9 Å². The standard InChI is InChI=1S/C17H21ClN2O4S/c1-4-24-16(22)10-20(17(23)12(2)11-25-13(3)21)19-9-14-5-7-15(18)8-6-14/h5-9,12H,4,10-11H2,1-3H3/t12-/m1/s1. The predicted octanol–water partition coefficient (Wildman–Crippen LogP) is 2.98. The normalized spacial score (nSPS) is 12.0. The van der Waals surface area contributed by atoms with Crippen molar-refractivity contribution in [2.45, 2.75) is 20.8 Å². The van der Waals surface area contributed by atoms with Crippen molar-refractivity contribution in [1.82, 2.24) is 5.01 Å². The summed E-state index contributed by atoms with van der Waals surface area (Å²) >= 11 is 6.89. The molecule has 8 heteroatoms. The van der Waals surface area contributed by atoms with Gasteiger partial charge < -0.3 is 4.74 Å². The molecule has 0 radical (unpaired) electrons. The minimum absolute atomic E-state index is 0.0683. The number of thioether (sulfide) groups is 1. The van der Waals surface area contributed by atoms with Crippen molar-refractivity contribution in [3.8, 4) is 0 Å². The van der Waals surface area contributed by atoms with Gasteiger partial charge >= 0.3 is 5.97 Å². The maximum absolute atomic E-state index is 12.5. The molecular weight excluding hydrogens is 364 g/mol. The van der Waals surface area contributed by atoms with E-state index in [1.54, 1.807) is 38.1 Å². The van der Waals surface area contributed by atoms with Gasteiger partial charge in [0.25, 0.3) is 0 Å². The van der Waals surface area contributed by atoms with Crippen molar-refractivity contribution in [1.29, 1.82) is 0 Å². The lowest BCUT2D eigenvalue weighted by Gasteiger charge is -2.19. The van der Waals surface area contributed by atoms with E-state index >= 15 is 0 Å². The zero-order chi connectivity index (χ0) is 18.8. The van der Waals surface area contributed by atoms with Crippen LogP contribution in [0.4, 0.5) is 0 Å². The van der Waals surface area contributed by atoms with Crippen LogP contribution in [0.5, 0.6) is 0 Å². The molecule has 0 aliphatic carbocycles. The maximum Gasteiger partial charge on any atom is 0.327 e. The number of benzene rings is 1. The van der Waals surface area contributed by atoms with E-state index in [0.29, 0.717) is 10.8 Å². The molecule has 0 saturated heterocycles. The first-order chi connectivity index (χ1) is 11.8. The summed E-state index contributed by atoms with van der Waals surface area (Å²) in [5, 5.41) is 5.70. The van der Waals surface area contributed by atoms with Gasteiger partial charge in [0.1, 0.15) is 6.54 Å². The number of esters is 1. The average molecular weight is 385 g/mol. The number of hydrazone groups is 1. The molecular formula is C17H21ClN2O4S. The monoisotopic (exact) mass is 384 g/mol. The van der Waals surface area contributed by atoms with E-state index in [4.69, 9.17) is 16.3 Å². The molecule has 0 spiro atoms. The first-order valence-electron chi connectivity index (χ1n) is 7.73. The second kappa shape index (κ2) is 10.9. The summed E-state index contributed by atoms with van der Waals surface area (Å²) in [6.07, 6.45) is 1.47. The molecule has 0 bridgehead atoms. The fourth-order valence-electron chi connectivity index (χ4n) is 1.76. The highest BCUT2D eigenvalue weighted by Crippen LogP contribution is 2.13. The predicted molar refractivity (Wildman–Crippen MR) is 99.7 cm³/mol. The van der Waals surface area contributed by atoms with Gasteiger partial charge in [0.15, 0.2) is 5.12 Å². The molecule has 1 atom stereocenters. The Kier molecular flexibility index (Phi) is 9.23. The zero-order valence-electron chi connectivity index (χ0n) is 14.4. The number of rotatable bonds is 8. The van der Waals surface area contributed by atoms with E-state index in [2.05, 4.69) is 5.10 Å². The van der Waals surface area contributed by atoms with Crippen LogP contribution in [0.25, 0.3) is 0 Å². The van der Waals surface area contributed by atoms with Crippen molar-refractivity contribution < 1.29 is 19.1 Å². The third-order valence-corrected chi connectivity index (χ3v) is 4.34. The van der Waals surface area contributed by atoms with Crippen LogP contribution in [-0.4, -0.2) is 47.1 Å². The van der Waals surface area contributed by atoms with Crippen LogP contribution in [-0.2, 0) is 19.1 Å². The summed E-state index contributed by atoms with van der Waals surface area (Å²) in [5.74, 6) is -1.04. The molecule has 1 amide bonds. The minimum Gasteiger partial charge on any atom is -0.465 e. The van der Waals surface area contributed by atoms with Crippen LogP contribution in [0.1, 0.15) is 26.3 Å². The number of carbonyl (C=O) groups is 3. The summed E-state index contributed by atoms with van der Waals surface area (Å²) in [7, 11) is 0. The number of hydrogen-bond acceptors (Lipinski definition) is 6. The van der Waals surface area contributed by atoms with Crippen molar-refractivity contribution in [3.63, 3.8) is 0 Å². The van der Waals surface area contributed by atoms with Gasteiger partial charge in [-0.3, -0.25) is 14.4 Å². The summed E-state index contributed by atoms with van der Waals surface area (Å²) in [6, 6.07) is 6.89. The molecule has 0 aromatic heterocycles. The molecule has 1 aromatic rings. The Hall–Kier alpha value is -1.86. The van der Waals surface area contributed by atoms with Gasteiger partial charge in [0.05, 0.1) is 12.8 Å². The van der Waals surface area contributed by atoms with E-state index < -0.39 is 11.9 Å². The molecule has 25 heavy (non-hydrogen) atoms. The Morgan fingerprint density at radius 1 is 1.32 bits per heavy atom. The first kappa shape index (κ1) is 21.2. The number of carbonyl (C=O) groups excluding carboxylic acids is 3. The van der Waals surface area contributed by atoms with E-state index in [-0.39, 0.29) is 24.2 Å². The lowest BCUT2D eigenvalue weighted by Crippen LogP contribution is -2.36. The highest BCUT2D eigenvalue weighted by atomic mass is 35.5. The SMILES string of the molecule is CCOC(=O)CN(N=Cc1ccc(Cl)cc1)C(=O)[C@H](C)CSC(C)=O. The number of nitrogens with zero attached hydrogens (tertiary/aromatic N) is 2. The molecule has 0 N–H and O–H groups in total. The molecule has 0 aliphatic rings. The molecule has 6 nitrogen and oxygen atoms in total. The van der Waals surface area contributed by atoms with E-state index in [1.807, 2.05) is 0 Å². The van der Waals surface area contributed by atoms with Crippen LogP contribution < -0.4 is 0 Å². The van der Waals surface area contributed by atoms with Gasteiger partial charge in [-0.2, -0.15) is 5.10 Å². The third kappa shape index (κ3) is 8.18. The molecule has 136 valence electrons. The first-order valence-corrected chi connectivity index (χ1v) is 9.09. The summed E-state index contributed by atoms with van der Waals surface area (Å²) in [5.41, 5.74) is 0.733. The second-order valence-electron chi connectivity index (χ2n) is 5.20. The fraction of sp³-hybridized carbons (Fsp3) is 0.412. The molecule has 0 saturated carbocycles. The van der Waals surface area contributed by atoms with Gasteiger partial charge in [-0.1, -0.05) is 42.4 Å². The second-order valence-corrected chi connectivity index (χ2v) is 6.83. The van der Waals surface area contributed by atoms with Gasteiger partial charge in [-0.05, 0) is 24.6 Å². The number of amides is 1. The molecule has 0 heterocycles. The van der Waals surface area contributed by atoms with E-state index in [9.17, 15) is 14.4 Å². The Morgan fingerprint density at radius 2 is 1.96 bits per heavy atom. The van der Waals surface area contributed by atoms with Gasteiger partial charge in [-0.25, -0.2) is 5.01 Å². The summed E-state index contributed by atoms with van der Waals surface area (Å²) < 4.78 is 4.88. The van der Waals surface area contributed by atoms with E-state index in [0.717, 1.165) is 22.3 Å². The van der Waals surface area contributed by atoms with Crippen LogP contribution >= 0.6 is 23.4 Å². The fourth-order valence-corrected chi connectivity index (χ4v) is 2.51. The Labute approximate surface area is 156 Å². The van der Waals surface area contributed by atoms with Gasteiger partial charge in [0, 0.05) is 23.6 Å². The largest absolute Gasteiger partial charge is 0.465 e. The van der Waals surface area contributed by atoms with Gasteiger partial charge in [-0.15, -0.1) is 0 Å². The summed E-state index contributed by atoms with van der Waals surface area (Å²) in [4.78, 5) is 35.3. The van der Waals surface area contributed by atoms with Crippen LogP contribution in [0, 0.1) is 5.92 Å². The topological polar surface area (TPSA) is 76.0 Å². The quantitative estimate of drug-likeness (QED) is 0.391. The highest BCUT2D eigenvalue weighted by Gasteiger charge is 2.23. The highest BCUT2D eigenvalue weighted by molar-refractivity contribution is 8.13.